The number of rotatable bonds is 7. The zero-order valence-corrected chi connectivity index (χ0v) is 13.8. The van der Waals surface area contributed by atoms with Crippen molar-refractivity contribution < 1.29 is 8.42 Å². The largest absolute Gasteiger partial charge is 0.354 e. The number of hydrogen-bond acceptors (Lipinski definition) is 4. The Labute approximate surface area is 135 Å². The molecule has 0 spiro atoms. The Kier molecular flexibility index (Phi) is 5.63. The predicted octanol–water partition coefficient (Wildman–Crippen LogP) is 4.02. The third kappa shape index (κ3) is 5.20. The van der Waals surface area contributed by atoms with Crippen LogP contribution in [0, 0.1) is 0 Å². The molecule has 0 atom stereocenters. The van der Waals surface area contributed by atoms with Gasteiger partial charge in [0.1, 0.15) is 5.82 Å². The summed E-state index contributed by atoms with van der Waals surface area (Å²) in [5.41, 5.74) is 1.64. The van der Waals surface area contributed by atoms with Gasteiger partial charge in [-0.25, -0.2) is 13.4 Å². The second-order valence-corrected chi connectivity index (χ2v) is 7.12. The van der Waals surface area contributed by atoms with E-state index in [0.717, 1.165) is 17.8 Å². The quantitative estimate of drug-likeness (QED) is 0.799. The molecule has 0 radical (unpaired) electrons. The first kappa shape index (κ1) is 16.6. The van der Waals surface area contributed by atoms with Crippen LogP contribution in [-0.2, 0) is 10.0 Å². The van der Waals surface area contributed by atoms with E-state index in [2.05, 4.69) is 15.0 Å². The second-order valence-electron chi connectivity index (χ2n) is 4.84. The molecular weight excluding hydrogens is 322 g/mol. The number of halogens is 1. The van der Waals surface area contributed by atoms with Crippen molar-refractivity contribution in [2.45, 2.75) is 19.8 Å². The van der Waals surface area contributed by atoms with Gasteiger partial charge in [0.25, 0.3) is 0 Å². The third-order valence-corrected chi connectivity index (χ3v) is 4.52. The van der Waals surface area contributed by atoms with Crippen LogP contribution in [0.25, 0.3) is 0 Å². The van der Waals surface area contributed by atoms with Crippen LogP contribution in [0.1, 0.15) is 19.8 Å². The van der Waals surface area contributed by atoms with Crippen LogP contribution in [0.5, 0.6) is 0 Å². The molecule has 1 heterocycles. The number of aromatic nitrogens is 1. The minimum atomic E-state index is -3.32. The van der Waals surface area contributed by atoms with E-state index in [0.29, 0.717) is 17.3 Å². The van der Waals surface area contributed by atoms with Crippen molar-refractivity contribution >= 4 is 38.8 Å². The minimum absolute atomic E-state index is 0.107. The highest BCUT2D eigenvalue weighted by molar-refractivity contribution is 7.92. The van der Waals surface area contributed by atoms with E-state index in [1.807, 2.05) is 19.1 Å². The van der Waals surface area contributed by atoms with Gasteiger partial charge in [-0.05, 0) is 42.8 Å². The van der Waals surface area contributed by atoms with E-state index >= 15 is 0 Å². The summed E-state index contributed by atoms with van der Waals surface area (Å²) in [5.74, 6) is 0.424. The summed E-state index contributed by atoms with van der Waals surface area (Å²) in [7, 11) is -3.32. The highest BCUT2D eigenvalue weighted by atomic mass is 35.5. The van der Waals surface area contributed by atoms with Gasteiger partial charge in [-0.3, -0.25) is 4.72 Å². The molecule has 0 fully saturated rings. The highest BCUT2D eigenvalue weighted by Gasteiger charge is 2.10. The molecule has 0 unspecified atom stereocenters. The Bertz CT molecular complexity index is 701. The van der Waals surface area contributed by atoms with Crippen molar-refractivity contribution in [2.75, 3.05) is 15.8 Å². The maximum Gasteiger partial charge on any atom is 0.233 e. The SMILES string of the molecule is CCCCS(=O)(=O)Nc1ccc(Nc2ccc(Cl)cc2)cn1. The average molecular weight is 340 g/mol. The summed E-state index contributed by atoms with van der Waals surface area (Å²) in [6.07, 6.45) is 3.04. The first-order chi connectivity index (χ1) is 10.5. The maximum absolute atomic E-state index is 11.8. The number of benzene rings is 1. The van der Waals surface area contributed by atoms with Crippen LogP contribution in [0.4, 0.5) is 17.2 Å². The molecule has 5 nitrogen and oxygen atoms in total. The van der Waals surface area contributed by atoms with Crippen LogP contribution in [0.3, 0.4) is 0 Å². The van der Waals surface area contributed by atoms with Gasteiger partial charge >= 0.3 is 0 Å². The third-order valence-electron chi connectivity index (χ3n) is 2.92. The van der Waals surface area contributed by atoms with Crippen molar-refractivity contribution in [3.8, 4) is 0 Å². The molecule has 0 aliphatic rings. The van der Waals surface area contributed by atoms with Crippen LogP contribution < -0.4 is 10.0 Å². The maximum atomic E-state index is 11.8. The van der Waals surface area contributed by atoms with E-state index in [9.17, 15) is 8.42 Å². The molecule has 0 bridgehead atoms. The Morgan fingerprint density at radius 3 is 2.36 bits per heavy atom. The lowest BCUT2D eigenvalue weighted by molar-refractivity contribution is 0.597. The summed E-state index contributed by atoms with van der Waals surface area (Å²) >= 11 is 5.83. The first-order valence-electron chi connectivity index (χ1n) is 6.97. The van der Waals surface area contributed by atoms with Crippen LogP contribution in [0.2, 0.25) is 5.02 Å². The fraction of sp³-hybridized carbons (Fsp3) is 0.267. The van der Waals surface area contributed by atoms with Crippen molar-refractivity contribution in [3.05, 3.63) is 47.6 Å². The summed E-state index contributed by atoms with van der Waals surface area (Å²) in [6, 6.07) is 10.7. The zero-order valence-electron chi connectivity index (χ0n) is 12.2. The van der Waals surface area contributed by atoms with Gasteiger partial charge in [-0.2, -0.15) is 0 Å². The van der Waals surface area contributed by atoms with E-state index < -0.39 is 10.0 Å². The lowest BCUT2D eigenvalue weighted by Crippen LogP contribution is -2.17. The van der Waals surface area contributed by atoms with Crippen molar-refractivity contribution in [1.29, 1.82) is 0 Å². The molecule has 2 aromatic rings. The molecular formula is C15H18ClN3O2S. The molecule has 118 valence electrons. The zero-order chi connectivity index (χ0) is 16.0. The molecule has 1 aromatic carbocycles. The number of hydrogen-bond donors (Lipinski definition) is 2. The second kappa shape index (κ2) is 7.47. The topological polar surface area (TPSA) is 71.1 Å². The van der Waals surface area contributed by atoms with E-state index in [1.165, 1.54) is 0 Å². The van der Waals surface area contributed by atoms with Crippen LogP contribution >= 0.6 is 11.6 Å². The molecule has 0 aliphatic carbocycles. The van der Waals surface area contributed by atoms with Crippen LogP contribution in [-0.4, -0.2) is 19.2 Å². The summed E-state index contributed by atoms with van der Waals surface area (Å²) in [4.78, 5) is 4.11. The van der Waals surface area contributed by atoms with Gasteiger partial charge in [0.05, 0.1) is 17.6 Å². The molecule has 1 aromatic heterocycles. The highest BCUT2D eigenvalue weighted by Crippen LogP contribution is 2.19. The van der Waals surface area contributed by atoms with Gasteiger partial charge in [0.2, 0.25) is 10.0 Å². The van der Waals surface area contributed by atoms with E-state index in [-0.39, 0.29) is 5.75 Å². The summed E-state index contributed by atoms with van der Waals surface area (Å²) in [5, 5.41) is 3.82. The molecule has 0 saturated heterocycles. The number of unbranched alkanes of at least 4 members (excludes halogenated alkanes) is 1. The first-order valence-corrected chi connectivity index (χ1v) is 9.00. The fourth-order valence-electron chi connectivity index (χ4n) is 1.77. The summed E-state index contributed by atoms with van der Waals surface area (Å²) in [6.45, 7) is 1.95. The molecule has 2 rings (SSSR count). The number of pyridine rings is 1. The van der Waals surface area contributed by atoms with Gasteiger partial charge in [-0.15, -0.1) is 0 Å². The molecule has 2 N–H and O–H groups in total. The van der Waals surface area contributed by atoms with Crippen molar-refractivity contribution in [2.24, 2.45) is 0 Å². The molecule has 0 saturated carbocycles. The lowest BCUT2D eigenvalue weighted by atomic mass is 10.3. The average Bonchev–Trinajstić information content (AvgIpc) is 2.49. The Morgan fingerprint density at radius 1 is 1.09 bits per heavy atom. The number of nitrogens with one attached hydrogen (secondary N) is 2. The van der Waals surface area contributed by atoms with Crippen molar-refractivity contribution in [3.63, 3.8) is 0 Å². The molecule has 0 amide bonds. The minimum Gasteiger partial charge on any atom is -0.354 e. The number of anilines is 3. The van der Waals surface area contributed by atoms with Crippen LogP contribution in [0.15, 0.2) is 42.6 Å². The monoisotopic (exact) mass is 339 g/mol. The van der Waals surface area contributed by atoms with Gasteiger partial charge in [-0.1, -0.05) is 24.9 Å². The number of nitrogens with zero attached hydrogens (tertiary/aromatic N) is 1. The van der Waals surface area contributed by atoms with Crippen molar-refractivity contribution in [1.82, 2.24) is 4.98 Å². The standard InChI is InChI=1S/C15H18ClN3O2S/c1-2-3-10-22(20,21)19-15-9-8-14(11-17-15)18-13-6-4-12(16)5-7-13/h4-9,11,18H,2-3,10H2,1H3,(H,17,19). The Balaban J connectivity index is 1.99. The predicted molar refractivity (Wildman–Crippen MR) is 91.3 cm³/mol. The summed E-state index contributed by atoms with van der Waals surface area (Å²) < 4.78 is 26.0. The lowest BCUT2D eigenvalue weighted by Gasteiger charge is -2.09. The Hall–Kier alpha value is -1.79. The van der Waals surface area contributed by atoms with Gasteiger partial charge < -0.3 is 5.32 Å². The molecule has 0 aliphatic heterocycles. The fourth-order valence-corrected chi connectivity index (χ4v) is 3.11. The van der Waals surface area contributed by atoms with E-state index in [1.54, 1.807) is 30.5 Å². The Morgan fingerprint density at radius 2 is 1.77 bits per heavy atom. The number of sulfonamides is 1. The molecule has 22 heavy (non-hydrogen) atoms. The molecule has 7 heteroatoms. The smallest absolute Gasteiger partial charge is 0.233 e. The normalized spacial score (nSPS) is 11.2. The van der Waals surface area contributed by atoms with Gasteiger partial charge in [0.15, 0.2) is 0 Å². The van der Waals surface area contributed by atoms with Gasteiger partial charge in [0, 0.05) is 10.7 Å². The van der Waals surface area contributed by atoms with E-state index in [4.69, 9.17) is 11.6 Å².